The van der Waals surface area contributed by atoms with Crippen molar-refractivity contribution in [1.82, 2.24) is 5.01 Å². The van der Waals surface area contributed by atoms with E-state index in [9.17, 15) is 0 Å². The molecular formula is C13H30N2O3Si. The van der Waals surface area contributed by atoms with Crippen LogP contribution in [0.1, 0.15) is 39.5 Å². The molecule has 6 heteroatoms. The summed E-state index contributed by atoms with van der Waals surface area (Å²) in [5.41, 5.74) is 0. The van der Waals surface area contributed by atoms with Gasteiger partial charge in [-0.25, -0.2) is 5.01 Å². The van der Waals surface area contributed by atoms with Crippen LogP contribution in [0.25, 0.3) is 0 Å². The molecule has 0 amide bonds. The summed E-state index contributed by atoms with van der Waals surface area (Å²) in [5, 5.41) is 1.52. The standard InChI is InChI=1S/C13H30N2O3Si/c1-6-10-13(16-3)12(15(14)7-2)9-8-11-19(13,17-4)18-5/h12H,6-11,14H2,1-5H3. The van der Waals surface area contributed by atoms with E-state index in [1.165, 1.54) is 0 Å². The molecule has 0 saturated carbocycles. The average Bonchev–Trinajstić information content (AvgIpc) is 2.46. The normalized spacial score (nSPS) is 30.8. The van der Waals surface area contributed by atoms with Gasteiger partial charge in [-0.3, -0.25) is 5.84 Å². The van der Waals surface area contributed by atoms with Crippen LogP contribution in [-0.2, 0) is 13.6 Å². The highest BCUT2D eigenvalue weighted by molar-refractivity contribution is 6.71. The number of hydrazine groups is 1. The van der Waals surface area contributed by atoms with E-state index in [-0.39, 0.29) is 11.3 Å². The monoisotopic (exact) mass is 290 g/mol. The molecule has 0 aromatic carbocycles. The van der Waals surface area contributed by atoms with Gasteiger partial charge >= 0.3 is 8.56 Å². The van der Waals surface area contributed by atoms with Crippen molar-refractivity contribution in [2.24, 2.45) is 5.84 Å². The third-order valence-corrected chi connectivity index (χ3v) is 8.98. The summed E-state index contributed by atoms with van der Waals surface area (Å²) in [6.07, 6.45) is 4.08. The van der Waals surface area contributed by atoms with Crippen molar-refractivity contribution in [2.75, 3.05) is 27.9 Å². The Morgan fingerprint density at radius 3 is 2.32 bits per heavy atom. The van der Waals surface area contributed by atoms with E-state index >= 15 is 0 Å². The first-order valence-corrected chi connectivity index (χ1v) is 9.26. The number of hydrogen-bond donors (Lipinski definition) is 1. The highest BCUT2D eigenvalue weighted by Crippen LogP contribution is 2.44. The average molecular weight is 290 g/mol. The minimum atomic E-state index is -2.42. The summed E-state index contributed by atoms with van der Waals surface area (Å²) < 4.78 is 17.9. The van der Waals surface area contributed by atoms with Crippen molar-refractivity contribution >= 4 is 8.56 Å². The molecule has 0 bridgehead atoms. The molecule has 0 spiro atoms. The molecule has 1 heterocycles. The van der Waals surface area contributed by atoms with Gasteiger partial charge in [0.25, 0.3) is 0 Å². The molecular weight excluding hydrogens is 260 g/mol. The van der Waals surface area contributed by atoms with Crippen LogP contribution in [0.2, 0.25) is 6.04 Å². The maximum atomic E-state index is 6.22. The van der Waals surface area contributed by atoms with Gasteiger partial charge in [-0.15, -0.1) is 0 Å². The molecule has 2 N–H and O–H groups in total. The largest absolute Gasteiger partial charge is 0.396 e. The number of nitrogens with two attached hydrogens (primary N) is 1. The molecule has 0 radical (unpaired) electrons. The second kappa shape index (κ2) is 7.15. The van der Waals surface area contributed by atoms with Crippen LogP contribution in [0.15, 0.2) is 0 Å². The van der Waals surface area contributed by atoms with Crippen LogP contribution in [0, 0.1) is 0 Å². The quantitative estimate of drug-likeness (QED) is 0.440. The second-order valence-electron chi connectivity index (χ2n) is 5.24. The van der Waals surface area contributed by atoms with Crippen LogP contribution in [0.4, 0.5) is 0 Å². The smallest absolute Gasteiger partial charge is 0.372 e. The summed E-state index contributed by atoms with van der Waals surface area (Å²) in [5.74, 6) is 6.22. The first-order valence-electron chi connectivity index (χ1n) is 7.24. The molecule has 1 saturated heterocycles. The van der Waals surface area contributed by atoms with Crippen LogP contribution in [-0.4, -0.2) is 52.7 Å². The lowest BCUT2D eigenvalue weighted by atomic mass is 9.99. The first-order chi connectivity index (χ1) is 9.07. The second-order valence-corrected chi connectivity index (χ2v) is 8.91. The lowest BCUT2D eigenvalue weighted by Gasteiger charge is -2.54. The Morgan fingerprint density at radius 2 is 1.89 bits per heavy atom. The Kier molecular flexibility index (Phi) is 6.42. The summed E-state index contributed by atoms with van der Waals surface area (Å²) in [6.45, 7) is 5.05. The Hall–Kier alpha value is 0.0169. The van der Waals surface area contributed by atoms with Gasteiger partial charge in [0.05, 0.1) is 6.04 Å². The Balaban J connectivity index is 3.23. The summed E-state index contributed by atoms with van der Waals surface area (Å²) in [7, 11) is 2.87. The molecule has 1 aliphatic rings. The first kappa shape index (κ1) is 17.1. The number of hydrogen-bond acceptors (Lipinski definition) is 5. The molecule has 2 unspecified atom stereocenters. The van der Waals surface area contributed by atoms with E-state index in [0.29, 0.717) is 0 Å². The molecule has 2 atom stereocenters. The van der Waals surface area contributed by atoms with Gasteiger partial charge < -0.3 is 13.6 Å². The van der Waals surface area contributed by atoms with Crippen molar-refractivity contribution in [3.63, 3.8) is 0 Å². The molecule has 0 aliphatic carbocycles. The molecule has 19 heavy (non-hydrogen) atoms. The molecule has 1 rings (SSSR count). The minimum Gasteiger partial charge on any atom is -0.396 e. The van der Waals surface area contributed by atoms with Gasteiger partial charge in [-0.2, -0.15) is 0 Å². The van der Waals surface area contributed by atoms with E-state index in [2.05, 4.69) is 13.8 Å². The number of likely N-dealkylation sites (N-methyl/N-ethyl adjacent to an activating group) is 1. The predicted molar refractivity (Wildman–Crippen MR) is 78.8 cm³/mol. The van der Waals surface area contributed by atoms with Gasteiger partial charge in [-0.05, 0) is 25.3 Å². The number of methoxy groups -OCH3 is 1. The fourth-order valence-corrected chi connectivity index (χ4v) is 7.75. The number of rotatable bonds is 7. The van der Waals surface area contributed by atoms with Gasteiger partial charge in [0.15, 0.2) is 0 Å². The minimum absolute atomic E-state index is 0.169. The van der Waals surface area contributed by atoms with Crippen LogP contribution < -0.4 is 5.84 Å². The number of nitrogens with zero attached hydrogens (tertiary/aromatic N) is 1. The number of ether oxygens (including phenoxy) is 1. The highest BCUT2D eigenvalue weighted by atomic mass is 28.4. The summed E-state index contributed by atoms with van der Waals surface area (Å²) >= 11 is 0. The van der Waals surface area contributed by atoms with Crippen LogP contribution >= 0.6 is 0 Å². The van der Waals surface area contributed by atoms with Crippen LogP contribution in [0.5, 0.6) is 0 Å². The maximum Gasteiger partial charge on any atom is 0.372 e. The molecule has 0 aromatic rings. The van der Waals surface area contributed by atoms with Crippen molar-refractivity contribution in [1.29, 1.82) is 0 Å². The third kappa shape index (κ3) is 2.75. The fraction of sp³-hybridized carbons (Fsp3) is 1.00. The molecule has 5 nitrogen and oxygen atoms in total. The summed E-state index contributed by atoms with van der Waals surface area (Å²) in [4.78, 5) is 0. The van der Waals surface area contributed by atoms with Crippen molar-refractivity contribution < 1.29 is 13.6 Å². The maximum absolute atomic E-state index is 6.22. The Labute approximate surface area is 118 Å². The SMILES string of the molecule is CCCC1(OC)C(N(N)CC)CCC[Si]1(OC)OC. The van der Waals surface area contributed by atoms with Crippen molar-refractivity contribution in [3.8, 4) is 0 Å². The Bertz CT molecular complexity index is 277. The Morgan fingerprint density at radius 1 is 1.26 bits per heavy atom. The van der Waals surface area contributed by atoms with Gasteiger partial charge in [0.1, 0.15) is 5.22 Å². The van der Waals surface area contributed by atoms with E-state index in [0.717, 1.165) is 38.3 Å². The molecule has 0 aromatic heterocycles. The lowest BCUT2D eigenvalue weighted by Crippen LogP contribution is -2.74. The summed E-state index contributed by atoms with van der Waals surface area (Å²) in [6, 6.07) is 1.14. The molecule has 1 aliphatic heterocycles. The van der Waals surface area contributed by atoms with Crippen molar-refractivity contribution in [2.45, 2.75) is 56.8 Å². The van der Waals surface area contributed by atoms with E-state index in [1.54, 1.807) is 21.3 Å². The van der Waals surface area contributed by atoms with Crippen LogP contribution in [0.3, 0.4) is 0 Å². The van der Waals surface area contributed by atoms with Gasteiger partial charge in [0, 0.05) is 27.9 Å². The zero-order valence-electron chi connectivity index (χ0n) is 13.1. The highest BCUT2D eigenvalue weighted by Gasteiger charge is 2.63. The topological polar surface area (TPSA) is 57.0 Å². The van der Waals surface area contributed by atoms with Crippen molar-refractivity contribution in [3.05, 3.63) is 0 Å². The zero-order chi connectivity index (χ0) is 14.5. The molecule has 1 fully saturated rings. The molecule has 114 valence electrons. The van der Waals surface area contributed by atoms with Gasteiger partial charge in [0.2, 0.25) is 0 Å². The van der Waals surface area contributed by atoms with Gasteiger partial charge in [-0.1, -0.05) is 20.3 Å². The predicted octanol–water partition coefficient (Wildman–Crippen LogP) is 1.80. The lowest BCUT2D eigenvalue weighted by molar-refractivity contribution is -0.0735. The third-order valence-electron chi connectivity index (χ3n) is 4.58. The van der Waals surface area contributed by atoms with E-state index < -0.39 is 8.56 Å². The van der Waals surface area contributed by atoms with E-state index in [1.807, 2.05) is 5.01 Å². The van der Waals surface area contributed by atoms with E-state index in [4.69, 9.17) is 19.4 Å². The zero-order valence-corrected chi connectivity index (χ0v) is 14.1. The fourth-order valence-electron chi connectivity index (χ4n) is 3.64.